The van der Waals surface area contributed by atoms with E-state index in [1.54, 1.807) is 0 Å². The van der Waals surface area contributed by atoms with E-state index in [1.807, 2.05) is 0 Å². The molecule has 0 bridgehead atoms. The van der Waals surface area contributed by atoms with Crippen LogP contribution in [-0.4, -0.2) is 49.6 Å². The van der Waals surface area contributed by atoms with Crippen LogP contribution < -0.4 is 0 Å². The first-order valence-electron chi connectivity index (χ1n) is 6.44. The predicted molar refractivity (Wildman–Crippen MR) is 67.2 cm³/mol. The molecule has 0 saturated carbocycles. The van der Waals surface area contributed by atoms with E-state index in [2.05, 4.69) is 37.6 Å². The molecule has 15 heavy (non-hydrogen) atoms. The van der Waals surface area contributed by atoms with Crippen LogP contribution in [0, 0.1) is 5.41 Å². The minimum atomic E-state index is 0.506. The zero-order valence-corrected chi connectivity index (χ0v) is 11.1. The molecule has 0 unspecified atom stereocenters. The average Bonchev–Trinajstić information content (AvgIpc) is 2.18. The van der Waals surface area contributed by atoms with E-state index in [0.717, 1.165) is 0 Å². The number of hydrogen-bond donors (Lipinski definition) is 0. The number of nitrogens with zero attached hydrogens (tertiary/aromatic N) is 2. The molecule has 1 heterocycles. The van der Waals surface area contributed by atoms with Gasteiger partial charge in [-0.1, -0.05) is 33.6 Å². The number of unbranched alkanes of at least 4 members (excludes halogenated alkanes) is 1. The maximum atomic E-state index is 2.63. The quantitative estimate of drug-likeness (QED) is 0.691. The lowest BCUT2D eigenvalue weighted by Gasteiger charge is -2.37. The van der Waals surface area contributed by atoms with E-state index in [9.17, 15) is 0 Å². The van der Waals surface area contributed by atoms with Gasteiger partial charge in [0.05, 0.1) is 0 Å². The normalized spacial score (nSPS) is 20.8. The summed E-state index contributed by atoms with van der Waals surface area (Å²) in [4.78, 5) is 5.06. The molecule has 0 N–H and O–H groups in total. The van der Waals surface area contributed by atoms with Crippen molar-refractivity contribution in [3.05, 3.63) is 0 Å². The second-order valence-electron chi connectivity index (χ2n) is 5.85. The van der Waals surface area contributed by atoms with E-state index < -0.39 is 0 Å². The molecule has 2 nitrogen and oxygen atoms in total. The van der Waals surface area contributed by atoms with Gasteiger partial charge in [0.1, 0.15) is 0 Å². The number of likely N-dealkylation sites (N-methyl/N-ethyl adjacent to an activating group) is 1. The number of hydrogen-bond acceptors (Lipinski definition) is 2. The standard InChI is InChI=1S/C13H28N2/c1-5-6-7-13(2,3)12-15-10-8-14(4)9-11-15/h5-12H2,1-4H3. The molecule has 0 aliphatic carbocycles. The van der Waals surface area contributed by atoms with Crippen molar-refractivity contribution in [1.29, 1.82) is 0 Å². The van der Waals surface area contributed by atoms with Crippen molar-refractivity contribution in [2.45, 2.75) is 40.0 Å². The highest BCUT2D eigenvalue weighted by molar-refractivity contribution is 4.77. The third-order valence-electron chi connectivity index (χ3n) is 3.45. The predicted octanol–water partition coefficient (Wildman–Crippen LogP) is 2.45. The smallest absolute Gasteiger partial charge is 0.0110 e. The van der Waals surface area contributed by atoms with Gasteiger partial charge in [0.15, 0.2) is 0 Å². The Hall–Kier alpha value is -0.0800. The number of rotatable bonds is 5. The molecule has 90 valence electrons. The Morgan fingerprint density at radius 3 is 2.20 bits per heavy atom. The van der Waals surface area contributed by atoms with Crippen LogP contribution in [0.1, 0.15) is 40.0 Å². The van der Waals surface area contributed by atoms with E-state index in [0.29, 0.717) is 5.41 Å². The topological polar surface area (TPSA) is 6.48 Å². The molecule has 2 heteroatoms. The fraction of sp³-hybridized carbons (Fsp3) is 1.00. The van der Waals surface area contributed by atoms with Gasteiger partial charge in [-0.15, -0.1) is 0 Å². The first-order valence-corrected chi connectivity index (χ1v) is 6.44. The van der Waals surface area contributed by atoms with Crippen LogP contribution in [0.4, 0.5) is 0 Å². The second kappa shape index (κ2) is 5.86. The monoisotopic (exact) mass is 212 g/mol. The van der Waals surface area contributed by atoms with Crippen LogP contribution in [0.2, 0.25) is 0 Å². The zero-order valence-electron chi connectivity index (χ0n) is 11.1. The molecular formula is C13H28N2. The Morgan fingerprint density at radius 2 is 1.67 bits per heavy atom. The van der Waals surface area contributed by atoms with Crippen molar-refractivity contribution in [2.24, 2.45) is 5.41 Å². The van der Waals surface area contributed by atoms with Crippen molar-refractivity contribution in [1.82, 2.24) is 9.80 Å². The summed E-state index contributed by atoms with van der Waals surface area (Å²) in [6.07, 6.45) is 4.07. The highest BCUT2D eigenvalue weighted by Gasteiger charge is 2.23. The lowest BCUT2D eigenvalue weighted by molar-refractivity contribution is 0.106. The van der Waals surface area contributed by atoms with E-state index in [4.69, 9.17) is 0 Å². The maximum Gasteiger partial charge on any atom is 0.0110 e. The van der Waals surface area contributed by atoms with E-state index in [-0.39, 0.29) is 0 Å². The van der Waals surface area contributed by atoms with Crippen molar-refractivity contribution < 1.29 is 0 Å². The Bertz CT molecular complexity index is 169. The molecule has 0 spiro atoms. The van der Waals surface area contributed by atoms with Crippen molar-refractivity contribution >= 4 is 0 Å². The third-order valence-corrected chi connectivity index (χ3v) is 3.45. The van der Waals surface area contributed by atoms with Crippen LogP contribution >= 0.6 is 0 Å². The SMILES string of the molecule is CCCCC(C)(C)CN1CCN(C)CC1. The Labute approximate surface area is 95.6 Å². The van der Waals surface area contributed by atoms with E-state index >= 15 is 0 Å². The largest absolute Gasteiger partial charge is 0.304 e. The van der Waals surface area contributed by atoms with Crippen LogP contribution in [0.5, 0.6) is 0 Å². The fourth-order valence-electron chi connectivity index (χ4n) is 2.35. The summed E-state index contributed by atoms with van der Waals surface area (Å²) in [5, 5.41) is 0. The summed E-state index contributed by atoms with van der Waals surface area (Å²) in [6, 6.07) is 0. The maximum absolute atomic E-state index is 2.63. The zero-order chi connectivity index (χ0) is 11.3. The summed E-state index contributed by atoms with van der Waals surface area (Å²) >= 11 is 0. The summed E-state index contributed by atoms with van der Waals surface area (Å²) < 4.78 is 0. The molecular weight excluding hydrogens is 184 g/mol. The summed E-state index contributed by atoms with van der Waals surface area (Å²) in [7, 11) is 2.22. The lowest BCUT2D eigenvalue weighted by atomic mass is 9.86. The van der Waals surface area contributed by atoms with Crippen LogP contribution in [-0.2, 0) is 0 Å². The molecule has 1 aliphatic rings. The highest BCUT2D eigenvalue weighted by atomic mass is 15.2. The molecule has 1 aliphatic heterocycles. The third kappa shape index (κ3) is 4.98. The Balaban J connectivity index is 2.27. The van der Waals surface area contributed by atoms with Crippen LogP contribution in [0.15, 0.2) is 0 Å². The van der Waals surface area contributed by atoms with Crippen LogP contribution in [0.3, 0.4) is 0 Å². The minimum Gasteiger partial charge on any atom is -0.304 e. The van der Waals surface area contributed by atoms with Gasteiger partial charge in [-0.25, -0.2) is 0 Å². The molecule has 0 amide bonds. The molecule has 0 aromatic carbocycles. The molecule has 0 aromatic heterocycles. The summed E-state index contributed by atoms with van der Waals surface area (Å²) in [6.45, 7) is 13.4. The molecule has 1 saturated heterocycles. The summed E-state index contributed by atoms with van der Waals surface area (Å²) in [5.41, 5.74) is 0.506. The van der Waals surface area contributed by atoms with Crippen molar-refractivity contribution in [3.8, 4) is 0 Å². The van der Waals surface area contributed by atoms with Gasteiger partial charge in [0.25, 0.3) is 0 Å². The van der Waals surface area contributed by atoms with Gasteiger partial charge < -0.3 is 9.80 Å². The molecule has 0 aromatic rings. The van der Waals surface area contributed by atoms with Gasteiger partial charge in [-0.05, 0) is 18.9 Å². The first kappa shape index (κ1) is 13.0. The van der Waals surface area contributed by atoms with Gasteiger partial charge >= 0.3 is 0 Å². The second-order valence-corrected chi connectivity index (χ2v) is 5.85. The Kier molecular flexibility index (Phi) is 5.07. The van der Waals surface area contributed by atoms with Crippen molar-refractivity contribution in [2.75, 3.05) is 39.8 Å². The van der Waals surface area contributed by atoms with Crippen LogP contribution in [0.25, 0.3) is 0 Å². The summed E-state index contributed by atoms with van der Waals surface area (Å²) in [5.74, 6) is 0. The van der Waals surface area contributed by atoms with Gasteiger partial charge in [-0.2, -0.15) is 0 Å². The van der Waals surface area contributed by atoms with E-state index in [1.165, 1.54) is 52.0 Å². The van der Waals surface area contributed by atoms with Gasteiger partial charge in [0, 0.05) is 32.7 Å². The van der Waals surface area contributed by atoms with Gasteiger partial charge in [0.2, 0.25) is 0 Å². The molecule has 1 rings (SSSR count). The average molecular weight is 212 g/mol. The molecule has 1 fully saturated rings. The fourth-order valence-corrected chi connectivity index (χ4v) is 2.35. The molecule has 0 radical (unpaired) electrons. The minimum absolute atomic E-state index is 0.506. The van der Waals surface area contributed by atoms with Gasteiger partial charge in [-0.3, -0.25) is 0 Å². The van der Waals surface area contributed by atoms with Crippen molar-refractivity contribution in [3.63, 3.8) is 0 Å². The Morgan fingerprint density at radius 1 is 1.07 bits per heavy atom. The highest BCUT2D eigenvalue weighted by Crippen LogP contribution is 2.24. The lowest BCUT2D eigenvalue weighted by Crippen LogP contribution is -2.47. The first-order chi connectivity index (χ1) is 7.03. The molecule has 0 atom stereocenters. The number of piperazine rings is 1.